The number of carbonyl (C=O) groups excluding carboxylic acids is 2. The molecule has 0 aliphatic carbocycles. The lowest BCUT2D eigenvalue weighted by Gasteiger charge is -2.32. The largest absolute Gasteiger partial charge is 0.493 e. The molecule has 3 rings (SSSR count). The lowest BCUT2D eigenvalue weighted by molar-refractivity contribution is -0.117. The molecule has 0 bridgehead atoms. The van der Waals surface area contributed by atoms with Gasteiger partial charge in [-0.05, 0) is 44.0 Å². The van der Waals surface area contributed by atoms with Crippen LogP contribution in [0.4, 0.5) is 10.5 Å². The van der Waals surface area contributed by atoms with Crippen LogP contribution >= 0.6 is 0 Å². The minimum absolute atomic E-state index is 0.0649. The van der Waals surface area contributed by atoms with Crippen LogP contribution in [0.2, 0.25) is 0 Å². The van der Waals surface area contributed by atoms with Gasteiger partial charge in [0.25, 0.3) is 0 Å². The molecular weight excluding hydrogens is 366 g/mol. The summed E-state index contributed by atoms with van der Waals surface area (Å²) in [7, 11) is 0. The van der Waals surface area contributed by atoms with Gasteiger partial charge in [-0.25, -0.2) is 4.79 Å². The molecule has 0 saturated carbocycles. The van der Waals surface area contributed by atoms with Crippen LogP contribution in [0.3, 0.4) is 0 Å². The number of rotatable bonds is 6. The number of anilines is 1. The zero-order valence-electron chi connectivity index (χ0n) is 16.6. The van der Waals surface area contributed by atoms with Crippen molar-refractivity contribution in [1.29, 1.82) is 0 Å². The van der Waals surface area contributed by atoms with E-state index in [1.807, 2.05) is 61.5 Å². The third kappa shape index (κ3) is 6.10. The van der Waals surface area contributed by atoms with E-state index < -0.39 is 0 Å². The standard InChI is InChI=1S/C23H27N3O3/c1-2-29-21-11-7-6-8-18(21)12-13-22(27)24-20-14-16-26(17-15-20)23(28)25-19-9-4-3-5-10-19/h3-13,20H,2,14-17H2,1H3,(H,24,27)(H,25,28)/b13-12+. The van der Waals surface area contributed by atoms with Gasteiger partial charge in [-0.3, -0.25) is 4.79 Å². The van der Waals surface area contributed by atoms with Gasteiger partial charge in [0.05, 0.1) is 6.61 Å². The number of amides is 3. The van der Waals surface area contributed by atoms with Crippen LogP contribution in [-0.4, -0.2) is 42.6 Å². The van der Waals surface area contributed by atoms with Crippen LogP contribution < -0.4 is 15.4 Å². The van der Waals surface area contributed by atoms with Crippen molar-refractivity contribution in [1.82, 2.24) is 10.2 Å². The lowest BCUT2D eigenvalue weighted by Crippen LogP contribution is -2.47. The second-order valence-electron chi connectivity index (χ2n) is 6.87. The van der Waals surface area contributed by atoms with E-state index in [9.17, 15) is 9.59 Å². The Bertz CT molecular complexity index is 843. The van der Waals surface area contributed by atoms with Crippen molar-refractivity contribution in [2.45, 2.75) is 25.8 Å². The number of para-hydroxylation sites is 2. The molecule has 29 heavy (non-hydrogen) atoms. The SMILES string of the molecule is CCOc1ccccc1/C=C/C(=O)NC1CCN(C(=O)Nc2ccccc2)CC1. The summed E-state index contributed by atoms with van der Waals surface area (Å²) in [4.78, 5) is 26.4. The summed E-state index contributed by atoms with van der Waals surface area (Å²) in [5, 5.41) is 5.92. The van der Waals surface area contributed by atoms with Gasteiger partial charge in [0.2, 0.25) is 5.91 Å². The summed E-state index contributed by atoms with van der Waals surface area (Å²) in [5.41, 5.74) is 1.65. The molecule has 1 aliphatic heterocycles. The summed E-state index contributed by atoms with van der Waals surface area (Å²) in [6, 6.07) is 17.0. The molecule has 2 N–H and O–H groups in total. The van der Waals surface area contributed by atoms with Gasteiger partial charge in [-0.2, -0.15) is 0 Å². The summed E-state index contributed by atoms with van der Waals surface area (Å²) in [6.45, 7) is 3.73. The summed E-state index contributed by atoms with van der Waals surface area (Å²) in [6.07, 6.45) is 4.77. The van der Waals surface area contributed by atoms with Gasteiger partial charge in [-0.15, -0.1) is 0 Å². The van der Waals surface area contributed by atoms with Crippen LogP contribution in [0.5, 0.6) is 5.75 Å². The van der Waals surface area contributed by atoms with Crippen LogP contribution in [-0.2, 0) is 4.79 Å². The Labute approximate surface area is 171 Å². The zero-order valence-corrected chi connectivity index (χ0v) is 16.6. The smallest absolute Gasteiger partial charge is 0.321 e. The average molecular weight is 393 g/mol. The van der Waals surface area contributed by atoms with Crippen LogP contribution in [0.25, 0.3) is 6.08 Å². The number of ether oxygens (including phenoxy) is 1. The molecule has 0 atom stereocenters. The van der Waals surface area contributed by atoms with E-state index in [4.69, 9.17) is 4.74 Å². The van der Waals surface area contributed by atoms with Crippen LogP contribution in [0.1, 0.15) is 25.3 Å². The van der Waals surface area contributed by atoms with Gasteiger partial charge in [0.1, 0.15) is 5.75 Å². The Morgan fingerprint density at radius 1 is 1.07 bits per heavy atom. The second kappa shape index (κ2) is 10.3. The number of hydrogen-bond donors (Lipinski definition) is 2. The van der Waals surface area contributed by atoms with Crippen molar-refractivity contribution in [3.8, 4) is 5.75 Å². The summed E-state index contributed by atoms with van der Waals surface area (Å²) in [5.74, 6) is 0.625. The normalized spacial score (nSPS) is 14.6. The lowest BCUT2D eigenvalue weighted by atomic mass is 10.1. The van der Waals surface area contributed by atoms with E-state index in [1.165, 1.54) is 6.08 Å². The first-order valence-corrected chi connectivity index (χ1v) is 9.97. The Morgan fingerprint density at radius 3 is 2.48 bits per heavy atom. The molecular formula is C23H27N3O3. The molecule has 1 aliphatic rings. The molecule has 6 heteroatoms. The fourth-order valence-electron chi connectivity index (χ4n) is 3.27. The summed E-state index contributed by atoms with van der Waals surface area (Å²) < 4.78 is 5.57. The highest BCUT2D eigenvalue weighted by molar-refractivity contribution is 5.92. The molecule has 0 spiro atoms. The maximum atomic E-state index is 12.3. The number of nitrogens with zero attached hydrogens (tertiary/aromatic N) is 1. The van der Waals surface area contributed by atoms with Gasteiger partial charge in [0.15, 0.2) is 0 Å². The molecule has 152 valence electrons. The number of piperidine rings is 1. The number of carbonyl (C=O) groups is 2. The Morgan fingerprint density at radius 2 is 1.76 bits per heavy atom. The van der Waals surface area contributed by atoms with Gasteiger partial charge >= 0.3 is 6.03 Å². The van der Waals surface area contributed by atoms with E-state index in [0.29, 0.717) is 19.7 Å². The predicted octanol–water partition coefficient (Wildman–Crippen LogP) is 3.91. The summed E-state index contributed by atoms with van der Waals surface area (Å²) >= 11 is 0. The third-order valence-electron chi connectivity index (χ3n) is 4.79. The van der Waals surface area contributed by atoms with E-state index in [0.717, 1.165) is 29.8 Å². The molecule has 0 radical (unpaired) electrons. The van der Waals surface area contributed by atoms with Gasteiger partial charge < -0.3 is 20.3 Å². The highest BCUT2D eigenvalue weighted by atomic mass is 16.5. The molecule has 2 aromatic carbocycles. The maximum Gasteiger partial charge on any atom is 0.321 e. The Hall–Kier alpha value is -3.28. The predicted molar refractivity (Wildman–Crippen MR) is 115 cm³/mol. The molecule has 3 amide bonds. The minimum atomic E-state index is -0.136. The zero-order chi connectivity index (χ0) is 20.5. The molecule has 1 saturated heterocycles. The second-order valence-corrected chi connectivity index (χ2v) is 6.87. The van der Waals surface area contributed by atoms with E-state index in [2.05, 4.69) is 10.6 Å². The van der Waals surface area contributed by atoms with E-state index in [-0.39, 0.29) is 18.0 Å². The fraction of sp³-hybridized carbons (Fsp3) is 0.304. The van der Waals surface area contributed by atoms with Gasteiger partial charge in [0, 0.05) is 36.5 Å². The van der Waals surface area contributed by atoms with Crippen molar-refractivity contribution in [3.05, 3.63) is 66.2 Å². The Balaban J connectivity index is 1.45. The molecule has 0 unspecified atom stereocenters. The first-order chi connectivity index (χ1) is 14.2. The number of likely N-dealkylation sites (tertiary alicyclic amines) is 1. The van der Waals surface area contributed by atoms with Crippen molar-refractivity contribution in [2.24, 2.45) is 0 Å². The quantitative estimate of drug-likeness (QED) is 0.731. The monoisotopic (exact) mass is 393 g/mol. The maximum absolute atomic E-state index is 12.3. The van der Waals surface area contributed by atoms with Crippen molar-refractivity contribution in [2.75, 3.05) is 25.0 Å². The topological polar surface area (TPSA) is 70.7 Å². The highest BCUT2D eigenvalue weighted by Crippen LogP contribution is 2.19. The molecule has 1 heterocycles. The number of benzene rings is 2. The number of hydrogen-bond acceptors (Lipinski definition) is 3. The van der Waals surface area contributed by atoms with Crippen molar-refractivity contribution >= 4 is 23.7 Å². The first kappa shape index (κ1) is 20.5. The van der Waals surface area contributed by atoms with Crippen molar-refractivity contribution < 1.29 is 14.3 Å². The van der Waals surface area contributed by atoms with Crippen LogP contribution in [0.15, 0.2) is 60.7 Å². The third-order valence-corrected chi connectivity index (χ3v) is 4.79. The highest BCUT2D eigenvalue weighted by Gasteiger charge is 2.23. The molecule has 6 nitrogen and oxygen atoms in total. The average Bonchev–Trinajstić information content (AvgIpc) is 2.74. The minimum Gasteiger partial charge on any atom is -0.493 e. The number of urea groups is 1. The van der Waals surface area contributed by atoms with E-state index >= 15 is 0 Å². The Kier molecular flexibility index (Phi) is 7.28. The number of nitrogens with one attached hydrogen (secondary N) is 2. The fourth-order valence-corrected chi connectivity index (χ4v) is 3.27. The molecule has 1 fully saturated rings. The molecule has 2 aromatic rings. The van der Waals surface area contributed by atoms with Crippen molar-refractivity contribution in [3.63, 3.8) is 0 Å². The van der Waals surface area contributed by atoms with E-state index in [1.54, 1.807) is 11.0 Å². The molecule has 0 aromatic heterocycles. The van der Waals surface area contributed by atoms with Crippen LogP contribution in [0, 0.1) is 0 Å². The first-order valence-electron chi connectivity index (χ1n) is 9.97. The van der Waals surface area contributed by atoms with Gasteiger partial charge in [-0.1, -0.05) is 36.4 Å².